The molecule has 0 unspecified atom stereocenters. The van der Waals surface area contributed by atoms with Gasteiger partial charge in [-0.05, 0) is 55.2 Å². The summed E-state index contributed by atoms with van der Waals surface area (Å²) in [6, 6.07) is 19.0. The van der Waals surface area contributed by atoms with Gasteiger partial charge in [0, 0.05) is 11.1 Å². The number of anilines is 2. The topological polar surface area (TPSA) is 24.9 Å². The van der Waals surface area contributed by atoms with Crippen molar-refractivity contribution in [1.82, 2.24) is 4.98 Å². The Morgan fingerprint density at radius 3 is 2.55 bits per heavy atom. The van der Waals surface area contributed by atoms with Gasteiger partial charge in [-0.1, -0.05) is 43.7 Å². The van der Waals surface area contributed by atoms with Crippen LogP contribution in [-0.2, 0) is 6.42 Å². The SMILES string of the molecule is CCCCc1ccc(Nc2cc(C)c3ccccc3n2)cc1. The minimum atomic E-state index is 0.900. The standard InChI is InChI=1S/C20H22N2/c1-3-4-7-16-10-12-17(13-11-16)21-20-14-15(2)18-8-5-6-9-19(18)22-20/h5-6,8-14H,3-4,7H2,1-2H3,(H,21,22). The molecule has 0 atom stereocenters. The average Bonchev–Trinajstić information content (AvgIpc) is 2.54. The van der Waals surface area contributed by atoms with Gasteiger partial charge in [-0.3, -0.25) is 0 Å². The Labute approximate surface area is 132 Å². The maximum atomic E-state index is 4.69. The first-order chi connectivity index (χ1) is 10.8. The minimum Gasteiger partial charge on any atom is -0.340 e. The van der Waals surface area contributed by atoms with Gasteiger partial charge in [0.25, 0.3) is 0 Å². The number of pyridine rings is 1. The molecule has 3 aromatic rings. The highest BCUT2D eigenvalue weighted by atomic mass is 15.0. The third-order valence-electron chi connectivity index (χ3n) is 3.97. The molecule has 1 aromatic heterocycles. The average molecular weight is 290 g/mol. The van der Waals surface area contributed by atoms with Gasteiger partial charge >= 0.3 is 0 Å². The Morgan fingerprint density at radius 1 is 1.00 bits per heavy atom. The highest BCUT2D eigenvalue weighted by molar-refractivity contribution is 5.84. The molecule has 0 spiro atoms. The van der Waals surface area contributed by atoms with E-state index in [1.54, 1.807) is 0 Å². The van der Waals surface area contributed by atoms with E-state index < -0.39 is 0 Å². The van der Waals surface area contributed by atoms with E-state index in [0.717, 1.165) is 23.4 Å². The molecule has 3 rings (SSSR count). The normalized spacial score (nSPS) is 10.8. The van der Waals surface area contributed by atoms with E-state index in [1.807, 2.05) is 6.07 Å². The summed E-state index contributed by atoms with van der Waals surface area (Å²) in [6.45, 7) is 4.35. The van der Waals surface area contributed by atoms with E-state index in [-0.39, 0.29) is 0 Å². The number of nitrogens with one attached hydrogen (secondary N) is 1. The summed E-state index contributed by atoms with van der Waals surface area (Å²) in [6.07, 6.45) is 3.64. The van der Waals surface area contributed by atoms with E-state index >= 15 is 0 Å². The Morgan fingerprint density at radius 2 is 1.77 bits per heavy atom. The molecule has 2 aromatic carbocycles. The van der Waals surface area contributed by atoms with Crippen LogP contribution >= 0.6 is 0 Å². The summed E-state index contributed by atoms with van der Waals surface area (Å²) in [7, 11) is 0. The van der Waals surface area contributed by atoms with Crippen LogP contribution < -0.4 is 5.32 Å². The van der Waals surface area contributed by atoms with Crippen molar-refractivity contribution in [2.24, 2.45) is 0 Å². The third kappa shape index (κ3) is 3.28. The second kappa shape index (κ2) is 6.61. The van der Waals surface area contributed by atoms with Crippen LogP contribution in [0, 0.1) is 6.92 Å². The molecular weight excluding hydrogens is 268 g/mol. The van der Waals surface area contributed by atoms with Crippen LogP contribution in [0.25, 0.3) is 10.9 Å². The first kappa shape index (κ1) is 14.6. The van der Waals surface area contributed by atoms with Crippen molar-refractivity contribution in [3.8, 4) is 0 Å². The van der Waals surface area contributed by atoms with Crippen LogP contribution in [0.15, 0.2) is 54.6 Å². The number of benzene rings is 2. The summed E-state index contributed by atoms with van der Waals surface area (Å²) < 4.78 is 0. The zero-order valence-electron chi connectivity index (χ0n) is 13.3. The van der Waals surface area contributed by atoms with E-state index in [1.165, 1.54) is 29.4 Å². The van der Waals surface area contributed by atoms with Crippen molar-refractivity contribution in [2.75, 3.05) is 5.32 Å². The number of rotatable bonds is 5. The van der Waals surface area contributed by atoms with Crippen LogP contribution in [0.3, 0.4) is 0 Å². The number of fused-ring (bicyclic) bond motifs is 1. The van der Waals surface area contributed by atoms with Crippen molar-refractivity contribution in [3.63, 3.8) is 0 Å². The van der Waals surface area contributed by atoms with Gasteiger partial charge in [0.05, 0.1) is 5.52 Å². The van der Waals surface area contributed by atoms with Gasteiger partial charge in [-0.15, -0.1) is 0 Å². The molecule has 0 saturated heterocycles. The fourth-order valence-corrected chi connectivity index (χ4v) is 2.70. The Kier molecular flexibility index (Phi) is 4.38. The molecule has 0 saturated carbocycles. The van der Waals surface area contributed by atoms with Crippen LogP contribution in [-0.4, -0.2) is 4.98 Å². The predicted octanol–water partition coefficient (Wildman–Crippen LogP) is 5.63. The van der Waals surface area contributed by atoms with Gasteiger partial charge < -0.3 is 5.32 Å². The summed E-state index contributed by atoms with van der Waals surface area (Å²) in [5.74, 6) is 0.900. The van der Waals surface area contributed by atoms with E-state index in [0.29, 0.717) is 0 Å². The van der Waals surface area contributed by atoms with Crippen molar-refractivity contribution in [1.29, 1.82) is 0 Å². The number of hydrogen-bond acceptors (Lipinski definition) is 2. The molecule has 0 radical (unpaired) electrons. The summed E-state index contributed by atoms with van der Waals surface area (Å²) in [4.78, 5) is 4.69. The fraction of sp³-hybridized carbons (Fsp3) is 0.250. The number of unbranched alkanes of at least 4 members (excludes halogenated alkanes) is 1. The highest BCUT2D eigenvalue weighted by Gasteiger charge is 2.03. The number of hydrogen-bond donors (Lipinski definition) is 1. The van der Waals surface area contributed by atoms with Crippen LogP contribution in [0.2, 0.25) is 0 Å². The Hall–Kier alpha value is -2.35. The lowest BCUT2D eigenvalue weighted by Gasteiger charge is -2.09. The molecule has 0 amide bonds. The van der Waals surface area contributed by atoms with Crippen molar-refractivity contribution in [3.05, 3.63) is 65.7 Å². The summed E-state index contributed by atoms with van der Waals surface area (Å²) in [5.41, 5.74) is 4.76. The van der Waals surface area contributed by atoms with Gasteiger partial charge in [0.2, 0.25) is 0 Å². The molecule has 0 aliphatic rings. The Bertz CT molecular complexity index is 760. The zero-order valence-corrected chi connectivity index (χ0v) is 13.3. The van der Waals surface area contributed by atoms with Crippen LogP contribution in [0.5, 0.6) is 0 Å². The summed E-state index contributed by atoms with van der Waals surface area (Å²) in [5, 5.41) is 4.62. The van der Waals surface area contributed by atoms with Crippen molar-refractivity contribution < 1.29 is 0 Å². The largest absolute Gasteiger partial charge is 0.340 e. The second-order valence-electron chi connectivity index (χ2n) is 5.77. The van der Waals surface area contributed by atoms with E-state index in [2.05, 4.69) is 67.7 Å². The van der Waals surface area contributed by atoms with Gasteiger partial charge in [-0.25, -0.2) is 4.98 Å². The number of aryl methyl sites for hydroxylation is 2. The lowest BCUT2D eigenvalue weighted by atomic mass is 10.1. The number of para-hydroxylation sites is 1. The maximum absolute atomic E-state index is 4.69. The zero-order chi connectivity index (χ0) is 15.4. The van der Waals surface area contributed by atoms with E-state index in [4.69, 9.17) is 4.98 Å². The lowest BCUT2D eigenvalue weighted by molar-refractivity contribution is 0.795. The molecule has 1 heterocycles. The molecule has 112 valence electrons. The van der Waals surface area contributed by atoms with Gasteiger partial charge in [-0.2, -0.15) is 0 Å². The summed E-state index contributed by atoms with van der Waals surface area (Å²) >= 11 is 0. The first-order valence-electron chi connectivity index (χ1n) is 7.98. The molecule has 1 N–H and O–H groups in total. The molecule has 0 fully saturated rings. The molecule has 0 bridgehead atoms. The molecular formula is C20H22N2. The van der Waals surface area contributed by atoms with Gasteiger partial charge in [0.1, 0.15) is 5.82 Å². The lowest BCUT2D eigenvalue weighted by Crippen LogP contribution is -1.95. The molecule has 0 aliphatic heterocycles. The van der Waals surface area contributed by atoms with Crippen LogP contribution in [0.1, 0.15) is 30.9 Å². The van der Waals surface area contributed by atoms with E-state index in [9.17, 15) is 0 Å². The fourth-order valence-electron chi connectivity index (χ4n) is 2.70. The second-order valence-corrected chi connectivity index (χ2v) is 5.77. The molecule has 2 nitrogen and oxygen atoms in total. The molecule has 0 aliphatic carbocycles. The number of nitrogens with zero attached hydrogens (tertiary/aromatic N) is 1. The Balaban J connectivity index is 1.80. The van der Waals surface area contributed by atoms with Gasteiger partial charge in [0.15, 0.2) is 0 Å². The quantitative estimate of drug-likeness (QED) is 0.658. The predicted molar refractivity (Wildman–Crippen MR) is 94.8 cm³/mol. The molecule has 22 heavy (non-hydrogen) atoms. The van der Waals surface area contributed by atoms with Crippen molar-refractivity contribution >= 4 is 22.4 Å². The first-order valence-corrected chi connectivity index (χ1v) is 7.98. The monoisotopic (exact) mass is 290 g/mol. The number of aromatic nitrogens is 1. The maximum Gasteiger partial charge on any atom is 0.131 e. The third-order valence-corrected chi connectivity index (χ3v) is 3.97. The van der Waals surface area contributed by atoms with Crippen LogP contribution in [0.4, 0.5) is 11.5 Å². The highest BCUT2D eigenvalue weighted by Crippen LogP contribution is 2.22. The van der Waals surface area contributed by atoms with Crippen molar-refractivity contribution in [2.45, 2.75) is 33.1 Å². The minimum absolute atomic E-state index is 0.900. The smallest absolute Gasteiger partial charge is 0.131 e. The molecule has 2 heteroatoms.